The van der Waals surface area contributed by atoms with Gasteiger partial charge in [0.05, 0.1) is 0 Å². The van der Waals surface area contributed by atoms with E-state index in [-0.39, 0.29) is 0 Å². The van der Waals surface area contributed by atoms with E-state index >= 15 is 0 Å². The molecular formula is C12H16N2S2. The summed E-state index contributed by atoms with van der Waals surface area (Å²) >= 11 is 6.81. The van der Waals surface area contributed by atoms with Crippen LogP contribution < -0.4 is 11.1 Å². The van der Waals surface area contributed by atoms with Crippen LogP contribution in [0.15, 0.2) is 23.1 Å². The number of hydrogen-bond acceptors (Lipinski definition) is 3. The number of benzene rings is 1. The second-order valence-corrected chi connectivity index (χ2v) is 5.50. The van der Waals surface area contributed by atoms with Gasteiger partial charge >= 0.3 is 0 Å². The number of anilines is 1. The average Bonchev–Trinajstić information content (AvgIpc) is 2.93. The van der Waals surface area contributed by atoms with Gasteiger partial charge in [-0.05, 0) is 30.7 Å². The first-order chi connectivity index (χ1) is 7.63. The summed E-state index contributed by atoms with van der Waals surface area (Å²) in [6, 6.07) is 6.74. The molecule has 1 aliphatic rings. The van der Waals surface area contributed by atoms with Crippen molar-refractivity contribution in [1.29, 1.82) is 0 Å². The van der Waals surface area contributed by atoms with Gasteiger partial charge in [0.2, 0.25) is 0 Å². The zero-order valence-corrected chi connectivity index (χ0v) is 11.1. The number of thioether (sulfide) groups is 1. The lowest BCUT2D eigenvalue weighted by Gasteiger charge is -2.13. The molecule has 1 aromatic rings. The van der Waals surface area contributed by atoms with Gasteiger partial charge < -0.3 is 11.1 Å². The first-order valence-electron chi connectivity index (χ1n) is 5.37. The predicted molar refractivity (Wildman–Crippen MR) is 75.3 cm³/mol. The standard InChI is InChI=1S/C12H16N2S2/c1-7-6-9(7)14-8-4-3-5-10(16-2)11(8)12(13)15/h3-5,7,9,14H,6H2,1-2H3,(H2,13,15). The second kappa shape index (κ2) is 4.63. The Bertz CT molecular complexity index is 417. The monoisotopic (exact) mass is 252 g/mol. The predicted octanol–water partition coefficient (Wildman–Crippen LogP) is 2.86. The fourth-order valence-corrected chi connectivity index (χ4v) is 2.72. The summed E-state index contributed by atoms with van der Waals surface area (Å²) in [5.41, 5.74) is 7.87. The Morgan fingerprint density at radius 1 is 1.56 bits per heavy atom. The Balaban J connectivity index is 2.31. The molecule has 1 aliphatic carbocycles. The molecule has 2 nitrogen and oxygen atoms in total. The van der Waals surface area contributed by atoms with Gasteiger partial charge in [0.1, 0.15) is 4.99 Å². The molecule has 0 radical (unpaired) electrons. The van der Waals surface area contributed by atoms with Crippen molar-refractivity contribution < 1.29 is 0 Å². The van der Waals surface area contributed by atoms with Gasteiger partial charge in [-0.1, -0.05) is 25.2 Å². The maximum Gasteiger partial charge on any atom is 0.107 e. The van der Waals surface area contributed by atoms with Crippen molar-refractivity contribution in [2.24, 2.45) is 11.7 Å². The number of thiocarbonyl (C=S) groups is 1. The van der Waals surface area contributed by atoms with E-state index in [0.717, 1.165) is 22.1 Å². The van der Waals surface area contributed by atoms with Gasteiger partial charge in [0, 0.05) is 22.2 Å². The molecule has 86 valence electrons. The molecule has 2 rings (SSSR count). The van der Waals surface area contributed by atoms with E-state index in [1.807, 2.05) is 12.3 Å². The first kappa shape index (κ1) is 11.7. The highest BCUT2D eigenvalue weighted by atomic mass is 32.2. The highest BCUT2D eigenvalue weighted by molar-refractivity contribution is 7.98. The lowest BCUT2D eigenvalue weighted by Crippen LogP contribution is -2.15. The van der Waals surface area contributed by atoms with Crippen LogP contribution in [0.3, 0.4) is 0 Å². The number of nitrogens with two attached hydrogens (primary N) is 1. The summed E-state index contributed by atoms with van der Waals surface area (Å²) < 4.78 is 0. The quantitative estimate of drug-likeness (QED) is 0.638. The molecule has 1 aromatic carbocycles. The number of hydrogen-bond donors (Lipinski definition) is 2. The van der Waals surface area contributed by atoms with Crippen molar-refractivity contribution in [2.45, 2.75) is 24.3 Å². The molecule has 0 bridgehead atoms. The minimum Gasteiger partial charge on any atom is -0.389 e. The van der Waals surface area contributed by atoms with Gasteiger partial charge in [-0.15, -0.1) is 11.8 Å². The van der Waals surface area contributed by atoms with Crippen LogP contribution in [0, 0.1) is 5.92 Å². The largest absolute Gasteiger partial charge is 0.389 e. The Morgan fingerprint density at radius 3 is 2.75 bits per heavy atom. The van der Waals surface area contributed by atoms with Crippen LogP contribution in [-0.2, 0) is 0 Å². The van der Waals surface area contributed by atoms with Gasteiger partial charge in [-0.3, -0.25) is 0 Å². The topological polar surface area (TPSA) is 38.0 Å². The molecule has 16 heavy (non-hydrogen) atoms. The third kappa shape index (κ3) is 2.33. The minimum atomic E-state index is 0.473. The molecule has 0 aliphatic heterocycles. The lowest BCUT2D eigenvalue weighted by molar-refractivity contribution is 0.928. The van der Waals surface area contributed by atoms with E-state index in [4.69, 9.17) is 18.0 Å². The van der Waals surface area contributed by atoms with Gasteiger partial charge in [0.15, 0.2) is 0 Å². The van der Waals surface area contributed by atoms with E-state index in [1.165, 1.54) is 6.42 Å². The summed E-state index contributed by atoms with van der Waals surface area (Å²) in [5.74, 6) is 0.761. The highest BCUT2D eigenvalue weighted by Gasteiger charge is 2.33. The molecular weight excluding hydrogens is 236 g/mol. The summed E-state index contributed by atoms with van der Waals surface area (Å²) in [6.07, 6.45) is 3.28. The van der Waals surface area contributed by atoms with Gasteiger partial charge in [0.25, 0.3) is 0 Å². The smallest absolute Gasteiger partial charge is 0.107 e. The highest BCUT2D eigenvalue weighted by Crippen LogP contribution is 2.35. The van der Waals surface area contributed by atoms with Crippen molar-refractivity contribution in [3.05, 3.63) is 23.8 Å². The molecule has 0 aromatic heterocycles. The maximum absolute atomic E-state index is 5.80. The van der Waals surface area contributed by atoms with Gasteiger partial charge in [-0.2, -0.15) is 0 Å². The van der Waals surface area contributed by atoms with Crippen molar-refractivity contribution >= 4 is 34.7 Å². The Kier molecular flexibility index (Phi) is 3.40. The van der Waals surface area contributed by atoms with Crippen LogP contribution >= 0.6 is 24.0 Å². The van der Waals surface area contributed by atoms with Crippen LogP contribution in [0.25, 0.3) is 0 Å². The Labute approximate surface area is 106 Å². The third-order valence-electron chi connectivity index (χ3n) is 2.94. The zero-order valence-electron chi connectivity index (χ0n) is 9.49. The fourth-order valence-electron chi connectivity index (χ4n) is 1.80. The SMILES string of the molecule is CSc1cccc(NC2CC2C)c1C(N)=S. The molecule has 1 saturated carbocycles. The summed E-state index contributed by atoms with van der Waals surface area (Å²) in [6.45, 7) is 2.25. The molecule has 0 saturated heterocycles. The van der Waals surface area contributed by atoms with Crippen LogP contribution in [0.5, 0.6) is 0 Å². The minimum absolute atomic E-state index is 0.473. The first-order valence-corrected chi connectivity index (χ1v) is 7.00. The normalized spacial score (nSPS) is 22.9. The Hall–Kier alpha value is -0.740. The van der Waals surface area contributed by atoms with Gasteiger partial charge in [-0.25, -0.2) is 0 Å². The third-order valence-corrected chi connectivity index (χ3v) is 3.93. The summed E-state index contributed by atoms with van der Waals surface area (Å²) in [4.78, 5) is 1.62. The molecule has 1 fully saturated rings. The van der Waals surface area contributed by atoms with E-state index in [1.54, 1.807) is 11.8 Å². The number of nitrogens with one attached hydrogen (secondary N) is 1. The zero-order chi connectivity index (χ0) is 11.7. The van der Waals surface area contributed by atoms with Crippen LogP contribution in [0.4, 0.5) is 5.69 Å². The Morgan fingerprint density at radius 2 is 2.25 bits per heavy atom. The van der Waals surface area contributed by atoms with Crippen LogP contribution in [0.2, 0.25) is 0 Å². The molecule has 2 atom stereocenters. The van der Waals surface area contributed by atoms with E-state index in [9.17, 15) is 0 Å². The molecule has 4 heteroatoms. The molecule has 0 amide bonds. The van der Waals surface area contributed by atoms with Crippen molar-refractivity contribution in [3.63, 3.8) is 0 Å². The summed E-state index contributed by atoms with van der Waals surface area (Å²) in [5, 5.41) is 3.51. The van der Waals surface area contributed by atoms with Crippen LogP contribution in [0.1, 0.15) is 18.9 Å². The number of rotatable bonds is 4. The molecule has 0 spiro atoms. The van der Waals surface area contributed by atoms with Crippen molar-refractivity contribution in [3.8, 4) is 0 Å². The van der Waals surface area contributed by atoms with Crippen molar-refractivity contribution in [2.75, 3.05) is 11.6 Å². The average molecular weight is 252 g/mol. The second-order valence-electron chi connectivity index (χ2n) is 4.21. The van der Waals surface area contributed by atoms with Crippen LogP contribution in [-0.4, -0.2) is 17.3 Å². The molecule has 3 N–H and O–H groups in total. The van der Waals surface area contributed by atoms with E-state index in [0.29, 0.717) is 11.0 Å². The van der Waals surface area contributed by atoms with Crippen molar-refractivity contribution in [1.82, 2.24) is 0 Å². The van der Waals surface area contributed by atoms with E-state index < -0.39 is 0 Å². The molecule has 0 heterocycles. The fraction of sp³-hybridized carbons (Fsp3) is 0.417. The molecule has 2 unspecified atom stereocenters. The van der Waals surface area contributed by atoms with E-state index in [2.05, 4.69) is 24.4 Å². The summed E-state index contributed by atoms with van der Waals surface area (Å²) in [7, 11) is 0. The lowest BCUT2D eigenvalue weighted by atomic mass is 10.1. The maximum atomic E-state index is 5.80.